The minimum absolute atomic E-state index is 0.335. The Hall–Kier alpha value is -3.35. The molecule has 1 unspecified atom stereocenters. The van der Waals surface area contributed by atoms with Gasteiger partial charge in [0.1, 0.15) is 12.1 Å². The molecule has 2 N–H and O–H groups in total. The van der Waals surface area contributed by atoms with Gasteiger partial charge in [-0.3, -0.25) is 14.5 Å². The lowest BCUT2D eigenvalue weighted by molar-refractivity contribution is -0.133. The summed E-state index contributed by atoms with van der Waals surface area (Å²) < 4.78 is 0. The van der Waals surface area contributed by atoms with Crippen molar-refractivity contribution in [3.63, 3.8) is 0 Å². The van der Waals surface area contributed by atoms with Crippen LogP contribution in [0.3, 0.4) is 0 Å². The number of carbonyl (C=O) groups is 3. The van der Waals surface area contributed by atoms with E-state index in [1.165, 1.54) is 19.3 Å². The zero-order valence-electron chi connectivity index (χ0n) is 19.6. The third kappa shape index (κ3) is 4.72. The number of hydrogen-bond acceptors (Lipinski definition) is 4. The molecule has 2 aromatic rings. The summed E-state index contributed by atoms with van der Waals surface area (Å²) >= 11 is 0. The second-order valence-corrected chi connectivity index (χ2v) is 9.37. The summed E-state index contributed by atoms with van der Waals surface area (Å²) in [5.74, 6) is -0.473. The molecule has 0 saturated carbocycles. The molecule has 2 aromatic carbocycles. The number of carbonyl (C=O) groups excluding carboxylic acids is 3. The first-order chi connectivity index (χ1) is 15.8. The van der Waals surface area contributed by atoms with E-state index in [0.29, 0.717) is 17.2 Å². The van der Waals surface area contributed by atoms with E-state index in [9.17, 15) is 14.4 Å². The second kappa shape index (κ2) is 9.25. The molecular weight excluding hydrogens is 416 g/mol. The average Bonchev–Trinajstić information content (AvgIpc) is 3.04. The molecular formula is C26H32N4O3. The first-order valence-electron chi connectivity index (χ1n) is 11.7. The molecule has 0 bridgehead atoms. The van der Waals surface area contributed by atoms with Gasteiger partial charge in [-0.1, -0.05) is 38.1 Å². The number of benzene rings is 2. The van der Waals surface area contributed by atoms with E-state index in [1.54, 1.807) is 6.92 Å². The monoisotopic (exact) mass is 448 g/mol. The van der Waals surface area contributed by atoms with Gasteiger partial charge in [-0.2, -0.15) is 0 Å². The first kappa shape index (κ1) is 22.8. The molecule has 4 amide bonds. The summed E-state index contributed by atoms with van der Waals surface area (Å²) in [4.78, 5) is 41.6. The maximum Gasteiger partial charge on any atom is 0.325 e. The van der Waals surface area contributed by atoms with Gasteiger partial charge in [0.15, 0.2) is 0 Å². The number of piperidine rings is 1. The molecule has 2 saturated heterocycles. The van der Waals surface area contributed by atoms with Crippen molar-refractivity contribution in [1.82, 2.24) is 10.2 Å². The number of nitrogens with one attached hydrogen (secondary N) is 2. The van der Waals surface area contributed by atoms with Gasteiger partial charge in [-0.15, -0.1) is 0 Å². The van der Waals surface area contributed by atoms with Crippen LogP contribution in [0.15, 0.2) is 48.5 Å². The lowest BCUT2D eigenvalue weighted by Gasteiger charge is -2.28. The molecule has 2 aliphatic heterocycles. The molecule has 0 radical (unpaired) electrons. The van der Waals surface area contributed by atoms with E-state index in [-0.39, 0.29) is 6.54 Å². The number of hydrogen-bond donors (Lipinski definition) is 2. The summed E-state index contributed by atoms with van der Waals surface area (Å²) in [5.41, 5.74) is 2.44. The van der Waals surface area contributed by atoms with Gasteiger partial charge >= 0.3 is 6.03 Å². The second-order valence-electron chi connectivity index (χ2n) is 9.37. The van der Waals surface area contributed by atoms with E-state index in [0.717, 1.165) is 29.2 Å². The highest BCUT2D eigenvalue weighted by atomic mass is 16.2. The zero-order chi connectivity index (χ0) is 23.6. The maximum atomic E-state index is 13.1. The number of nitrogens with zero attached hydrogens (tertiary/aromatic N) is 2. The van der Waals surface area contributed by atoms with Crippen LogP contribution >= 0.6 is 0 Å². The van der Waals surface area contributed by atoms with Crippen LogP contribution in [-0.2, 0) is 15.1 Å². The third-order valence-electron chi connectivity index (χ3n) is 6.60. The Labute approximate surface area is 195 Å². The lowest BCUT2D eigenvalue weighted by Crippen LogP contribution is -2.42. The Morgan fingerprint density at radius 3 is 2.24 bits per heavy atom. The van der Waals surface area contributed by atoms with Crippen LogP contribution in [0.1, 0.15) is 57.1 Å². The molecule has 2 fully saturated rings. The normalized spacial score (nSPS) is 20.8. The molecule has 33 heavy (non-hydrogen) atoms. The van der Waals surface area contributed by atoms with Crippen molar-refractivity contribution in [3.05, 3.63) is 59.7 Å². The van der Waals surface area contributed by atoms with E-state index in [2.05, 4.69) is 29.4 Å². The Morgan fingerprint density at radius 2 is 1.64 bits per heavy atom. The number of rotatable bonds is 6. The summed E-state index contributed by atoms with van der Waals surface area (Å²) in [7, 11) is 0. The van der Waals surface area contributed by atoms with Gasteiger partial charge in [0.05, 0.1) is 0 Å². The van der Waals surface area contributed by atoms with Gasteiger partial charge in [-0.05, 0) is 67.5 Å². The molecule has 2 heterocycles. The SMILES string of the molecule is CC(C)c1ccc(C2(C)NC(=O)N(CC(=O)Nc3ccc(N4CCCCC4)cc3)C2=O)cc1. The van der Waals surface area contributed by atoms with Crippen molar-refractivity contribution in [1.29, 1.82) is 0 Å². The van der Waals surface area contributed by atoms with Crippen LogP contribution in [0.25, 0.3) is 0 Å². The molecule has 0 aliphatic carbocycles. The molecule has 2 aliphatic rings. The molecule has 0 aromatic heterocycles. The number of imide groups is 1. The van der Waals surface area contributed by atoms with Crippen LogP contribution in [0.4, 0.5) is 16.2 Å². The highest BCUT2D eigenvalue weighted by molar-refractivity contribution is 6.10. The van der Waals surface area contributed by atoms with Crippen LogP contribution in [0.5, 0.6) is 0 Å². The smallest absolute Gasteiger partial charge is 0.325 e. The highest BCUT2D eigenvalue weighted by Crippen LogP contribution is 2.30. The molecule has 1 atom stereocenters. The van der Waals surface area contributed by atoms with Crippen LogP contribution < -0.4 is 15.5 Å². The molecule has 4 rings (SSSR count). The fourth-order valence-corrected chi connectivity index (χ4v) is 4.49. The standard InChI is InChI=1S/C26H32N4O3/c1-18(2)19-7-9-20(10-8-19)26(3)24(32)30(25(33)28-26)17-23(31)27-21-11-13-22(14-12-21)29-15-5-4-6-16-29/h7-14,18H,4-6,15-17H2,1-3H3,(H,27,31)(H,28,33). The number of urea groups is 1. The number of anilines is 2. The van der Waals surface area contributed by atoms with E-state index < -0.39 is 23.4 Å². The summed E-state index contributed by atoms with van der Waals surface area (Å²) in [5, 5.41) is 5.56. The Kier molecular flexibility index (Phi) is 6.40. The Morgan fingerprint density at radius 1 is 1.00 bits per heavy atom. The maximum absolute atomic E-state index is 13.1. The largest absolute Gasteiger partial charge is 0.372 e. The van der Waals surface area contributed by atoms with Crippen molar-refractivity contribution in [2.75, 3.05) is 29.9 Å². The van der Waals surface area contributed by atoms with Crippen LogP contribution in [0, 0.1) is 0 Å². The van der Waals surface area contributed by atoms with E-state index in [4.69, 9.17) is 0 Å². The van der Waals surface area contributed by atoms with Gasteiger partial charge in [0, 0.05) is 24.5 Å². The first-order valence-corrected chi connectivity index (χ1v) is 11.7. The average molecular weight is 449 g/mol. The highest BCUT2D eigenvalue weighted by Gasteiger charge is 2.49. The van der Waals surface area contributed by atoms with E-state index in [1.807, 2.05) is 48.5 Å². The Balaban J connectivity index is 1.39. The molecule has 7 nitrogen and oxygen atoms in total. The van der Waals surface area contributed by atoms with Gasteiger partial charge in [0.25, 0.3) is 5.91 Å². The third-order valence-corrected chi connectivity index (χ3v) is 6.60. The minimum atomic E-state index is -1.19. The van der Waals surface area contributed by atoms with Gasteiger partial charge in [-0.25, -0.2) is 4.79 Å². The molecule has 0 spiro atoms. The van der Waals surface area contributed by atoms with Gasteiger partial charge in [0.2, 0.25) is 5.91 Å². The predicted octanol–water partition coefficient (Wildman–Crippen LogP) is 4.21. The summed E-state index contributed by atoms with van der Waals surface area (Å²) in [6.07, 6.45) is 3.67. The van der Waals surface area contributed by atoms with Crippen molar-refractivity contribution in [2.24, 2.45) is 0 Å². The predicted molar refractivity (Wildman–Crippen MR) is 129 cm³/mol. The quantitative estimate of drug-likeness (QED) is 0.649. The minimum Gasteiger partial charge on any atom is -0.372 e. The fourth-order valence-electron chi connectivity index (χ4n) is 4.49. The fraction of sp³-hybridized carbons (Fsp3) is 0.423. The summed E-state index contributed by atoms with van der Waals surface area (Å²) in [6.45, 7) is 7.64. The number of amides is 4. The van der Waals surface area contributed by atoms with Crippen molar-refractivity contribution in [3.8, 4) is 0 Å². The van der Waals surface area contributed by atoms with Crippen molar-refractivity contribution in [2.45, 2.75) is 51.5 Å². The van der Waals surface area contributed by atoms with Crippen LogP contribution in [0.2, 0.25) is 0 Å². The molecule has 7 heteroatoms. The van der Waals surface area contributed by atoms with E-state index >= 15 is 0 Å². The lowest BCUT2D eigenvalue weighted by atomic mass is 9.90. The van der Waals surface area contributed by atoms with Gasteiger partial charge < -0.3 is 15.5 Å². The zero-order valence-corrected chi connectivity index (χ0v) is 19.6. The summed E-state index contributed by atoms with van der Waals surface area (Å²) in [6, 6.07) is 14.8. The van der Waals surface area contributed by atoms with Crippen molar-refractivity contribution < 1.29 is 14.4 Å². The topological polar surface area (TPSA) is 81.8 Å². The van der Waals surface area contributed by atoms with Crippen molar-refractivity contribution >= 4 is 29.2 Å². The van der Waals surface area contributed by atoms with Crippen LogP contribution in [-0.4, -0.2) is 42.4 Å². The molecule has 174 valence electrons. The Bertz CT molecular complexity index is 1030.